The first kappa shape index (κ1) is 12.9. The van der Waals surface area contributed by atoms with E-state index < -0.39 is 5.51 Å². The minimum Gasteiger partial charge on any atom is -0.395 e. The Bertz CT molecular complexity index is 404. The van der Waals surface area contributed by atoms with Gasteiger partial charge in [-0.2, -0.15) is 13.2 Å². The second-order valence-electron chi connectivity index (χ2n) is 2.85. The number of hydrogen-bond donors (Lipinski definition) is 1. The van der Waals surface area contributed by atoms with Gasteiger partial charge >= 0.3 is 5.51 Å². The van der Waals surface area contributed by atoms with E-state index in [-0.39, 0.29) is 23.3 Å². The fourth-order valence-corrected chi connectivity index (χ4v) is 1.59. The molecule has 1 aromatic carbocycles. The van der Waals surface area contributed by atoms with Gasteiger partial charge in [0.05, 0.1) is 6.61 Å². The van der Waals surface area contributed by atoms with Crippen molar-refractivity contribution in [3.63, 3.8) is 0 Å². The summed E-state index contributed by atoms with van der Waals surface area (Å²) >= 11 is -0.163. The SMILES string of the molecule is OCCC#Cc1cccc(SC(F)(F)F)c1. The Morgan fingerprint density at radius 3 is 2.69 bits per heavy atom. The molecule has 1 aromatic rings. The first-order chi connectivity index (χ1) is 7.51. The lowest BCUT2D eigenvalue weighted by Crippen LogP contribution is -1.98. The van der Waals surface area contributed by atoms with E-state index in [2.05, 4.69) is 11.8 Å². The molecule has 0 aliphatic rings. The molecule has 1 rings (SSSR count). The van der Waals surface area contributed by atoms with Crippen molar-refractivity contribution >= 4 is 11.8 Å². The molecule has 0 saturated carbocycles. The van der Waals surface area contributed by atoms with Gasteiger partial charge in [-0.3, -0.25) is 0 Å². The van der Waals surface area contributed by atoms with Gasteiger partial charge in [-0.25, -0.2) is 0 Å². The van der Waals surface area contributed by atoms with Crippen LogP contribution in [0.2, 0.25) is 0 Å². The van der Waals surface area contributed by atoms with Crippen LogP contribution >= 0.6 is 11.8 Å². The van der Waals surface area contributed by atoms with E-state index in [9.17, 15) is 13.2 Å². The van der Waals surface area contributed by atoms with Crippen LogP contribution in [0.5, 0.6) is 0 Å². The molecule has 0 bridgehead atoms. The van der Waals surface area contributed by atoms with Crippen molar-refractivity contribution in [2.45, 2.75) is 16.8 Å². The Kier molecular flexibility index (Phi) is 4.71. The molecule has 0 atom stereocenters. The molecule has 0 aliphatic carbocycles. The molecule has 0 aromatic heterocycles. The molecule has 0 heterocycles. The molecule has 16 heavy (non-hydrogen) atoms. The van der Waals surface area contributed by atoms with Gasteiger partial charge in [0.25, 0.3) is 0 Å². The molecular formula is C11H9F3OS. The van der Waals surface area contributed by atoms with Gasteiger partial charge in [0.1, 0.15) is 0 Å². The summed E-state index contributed by atoms with van der Waals surface area (Å²) in [5.41, 5.74) is -3.76. The molecule has 0 spiro atoms. The predicted molar refractivity (Wildman–Crippen MR) is 56.9 cm³/mol. The normalized spacial score (nSPS) is 10.8. The van der Waals surface area contributed by atoms with Crippen molar-refractivity contribution in [1.29, 1.82) is 0 Å². The van der Waals surface area contributed by atoms with Gasteiger partial charge in [-0.1, -0.05) is 17.9 Å². The smallest absolute Gasteiger partial charge is 0.395 e. The zero-order valence-electron chi connectivity index (χ0n) is 8.21. The number of halogens is 3. The zero-order valence-corrected chi connectivity index (χ0v) is 9.03. The molecule has 0 radical (unpaired) electrons. The summed E-state index contributed by atoms with van der Waals surface area (Å²) in [6, 6.07) is 5.92. The molecule has 0 amide bonds. The van der Waals surface area contributed by atoms with Gasteiger partial charge < -0.3 is 5.11 Å². The fourth-order valence-electron chi connectivity index (χ4n) is 0.991. The monoisotopic (exact) mass is 246 g/mol. The van der Waals surface area contributed by atoms with Crippen LogP contribution in [0.4, 0.5) is 13.2 Å². The highest BCUT2D eigenvalue weighted by atomic mass is 32.2. The van der Waals surface area contributed by atoms with Gasteiger partial charge in [0.2, 0.25) is 0 Å². The molecule has 1 N–H and O–H groups in total. The first-order valence-electron chi connectivity index (χ1n) is 4.47. The van der Waals surface area contributed by atoms with Crippen LogP contribution in [-0.4, -0.2) is 17.2 Å². The predicted octanol–water partition coefficient (Wildman–Crippen LogP) is 3.03. The number of alkyl halides is 3. The molecule has 5 heteroatoms. The molecular weight excluding hydrogens is 237 g/mol. The van der Waals surface area contributed by atoms with E-state index >= 15 is 0 Å². The number of rotatable bonds is 2. The van der Waals surface area contributed by atoms with Crippen LogP contribution in [0, 0.1) is 11.8 Å². The third-order valence-electron chi connectivity index (χ3n) is 1.54. The lowest BCUT2D eigenvalue weighted by Gasteiger charge is -2.05. The number of hydrogen-bond acceptors (Lipinski definition) is 2. The highest BCUT2D eigenvalue weighted by molar-refractivity contribution is 8.00. The van der Waals surface area contributed by atoms with Crippen molar-refractivity contribution in [2.24, 2.45) is 0 Å². The summed E-state index contributed by atoms with van der Waals surface area (Å²) in [7, 11) is 0. The van der Waals surface area contributed by atoms with Gasteiger partial charge in [0.15, 0.2) is 0 Å². The average molecular weight is 246 g/mol. The van der Waals surface area contributed by atoms with Crippen molar-refractivity contribution in [3.05, 3.63) is 29.8 Å². The molecule has 0 unspecified atom stereocenters. The number of benzene rings is 1. The third-order valence-corrected chi connectivity index (χ3v) is 2.26. The quantitative estimate of drug-likeness (QED) is 0.639. The largest absolute Gasteiger partial charge is 0.446 e. The molecule has 0 aliphatic heterocycles. The summed E-state index contributed by atoms with van der Waals surface area (Å²) in [6.45, 7) is -0.0516. The maximum Gasteiger partial charge on any atom is 0.446 e. The van der Waals surface area contributed by atoms with E-state index in [1.54, 1.807) is 6.07 Å². The average Bonchev–Trinajstić information content (AvgIpc) is 2.16. The Balaban J connectivity index is 2.76. The maximum atomic E-state index is 12.1. The van der Waals surface area contributed by atoms with Crippen LogP contribution in [0.25, 0.3) is 0 Å². The highest BCUT2D eigenvalue weighted by Gasteiger charge is 2.29. The topological polar surface area (TPSA) is 20.2 Å². The zero-order chi connectivity index (χ0) is 12.0. The van der Waals surface area contributed by atoms with Gasteiger partial charge in [-0.15, -0.1) is 0 Å². The standard InChI is InChI=1S/C11H9F3OS/c12-11(13,14)16-10-6-3-5-9(8-10)4-1-2-7-15/h3,5-6,8,15H,2,7H2. The Labute approximate surface area is 95.7 Å². The number of aliphatic hydroxyl groups is 1. The van der Waals surface area contributed by atoms with Gasteiger partial charge in [0, 0.05) is 16.9 Å². The van der Waals surface area contributed by atoms with E-state index in [1.165, 1.54) is 18.2 Å². The lowest BCUT2D eigenvalue weighted by molar-refractivity contribution is -0.0328. The summed E-state index contributed by atoms with van der Waals surface area (Å²) in [5, 5.41) is 8.50. The van der Waals surface area contributed by atoms with E-state index in [1.807, 2.05) is 0 Å². The summed E-state index contributed by atoms with van der Waals surface area (Å²) in [6.07, 6.45) is 0.316. The molecule has 1 nitrogen and oxygen atoms in total. The molecule has 0 fully saturated rings. The second kappa shape index (κ2) is 5.83. The van der Waals surface area contributed by atoms with Crippen LogP contribution in [0.1, 0.15) is 12.0 Å². The summed E-state index contributed by atoms with van der Waals surface area (Å²) in [4.78, 5) is 0.114. The minimum absolute atomic E-state index is 0.0516. The van der Waals surface area contributed by atoms with E-state index in [0.29, 0.717) is 12.0 Å². The van der Waals surface area contributed by atoms with Crippen LogP contribution < -0.4 is 0 Å². The molecule has 86 valence electrons. The van der Waals surface area contributed by atoms with Crippen LogP contribution in [-0.2, 0) is 0 Å². The Morgan fingerprint density at radius 2 is 2.06 bits per heavy atom. The molecule has 0 saturated heterocycles. The van der Waals surface area contributed by atoms with Crippen molar-refractivity contribution in [3.8, 4) is 11.8 Å². The summed E-state index contributed by atoms with van der Waals surface area (Å²) in [5.74, 6) is 5.33. The minimum atomic E-state index is -4.28. The maximum absolute atomic E-state index is 12.1. The van der Waals surface area contributed by atoms with Crippen LogP contribution in [0.15, 0.2) is 29.2 Å². The van der Waals surface area contributed by atoms with Crippen LogP contribution in [0.3, 0.4) is 0 Å². The number of thioether (sulfide) groups is 1. The first-order valence-corrected chi connectivity index (χ1v) is 5.28. The van der Waals surface area contributed by atoms with Crippen molar-refractivity contribution in [2.75, 3.05) is 6.61 Å². The highest BCUT2D eigenvalue weighted by Crippen LogP contribution is 2.36. The summed E-state index contributed by atoms with van der Waals surface area (Å²) < 4.78 is 36.2. The fraction of sp³-hybridized carbons (Fsp3) is 0.273. The number of aliphatic hydroxyl groups excluding tert-OH is 1. The second-order valence-corrected chi connectivity index (χ2v) is 3.99. The van der Waals surface area contributed by atoms with E-state index in [4.69, 9.17) is 5.11 Å². The van der Waals surface area contributed by atoms with Crippen molar-refractivity contribution < 1.29 is 18.3 Å². The Morgan fingerprint density at radius 1 is 1.31 bits per heavy atom. The van der Waals surface area contributed by atoms with E-state index in [0.717, 1.165) is 0 Å². The Hall–Kier alpha value is -1.12. The third kappa shape index (κ3) is 5.10. The van der Waals surface area contributed by atoms with Gasteiger partial charge in [-0.05, 0) is 30.0 Å². The lowest BCUT2D eigenvalue weighted by atomic mass is 10.2. The van der Waals surface area contributed by atoms with Crippen molar-refractivity contribution in [1.82, 2.24) is 0 Å².